The maximum Gasteiger partial charge on any atom is -0.0213 e. The summed E-state index contributed by atoms with van der Waals surface area (Å²) < 4.78 is 0. The largest absolute Gasteiger partial charge is 0.0857 e. The van der Waals surface area contributed by atoms with Crippen LogP contribution in [-0.4, -0.2) is 0 Å². The third kappa shape index (κ3) is 5.06. The highest BCUT2D eigenvalue weighted by Gasteiger charge is 2.05. The van der Waals surface area contributed by atoms with Crippen LogP contribution in [0.3, 0.4) is 0 Å². The second kappa shape index (κ2) is 5.40. The van der Waals surface area contributed by atoms with Crippen LogP contribution in [-0.2, 0) is 0 Å². The fourth-order valence-corrected chi connectivity index (χ4v) is 1.19. The molecule has 0 aliphatic rings. The van der Waals surface area contributed by atoms with E-state index in [4.69, 9.17) is 0 Å². The minimum absolute atomic E-state index is 0.697. The zero-order valence-electron chi connectivity index (χ0n) is 8.59. The molecule has 0 aromatic carbocycles. The highest BCUT2D eigenvalue weighted by atomic mass is 14.1. The summed E-state index contributed by atoms with van der Waals surface area (Å²) in [7, 11) is 0. The van der Waals surface area contributed by atoms with Crippen LogP contribution in [0.5, 0.6) is 0 Å². The summed E-state index contributed by atoms with van der Waals surface area (Å²) in [6.07, 6.45) is 5.95. The van der Waals surface area contributed by atoms with Gasteiger partial charge in [0.15, 0.2) is 0 Å². The molecule has 1 atom stereocenters. The van der Waals surface area contributed by atoms with E-state index in [1.165, 1.54) is 6.42 Å². The van der Waals surface area contributed by atoms with Crippen molar-refractivity contribution < 1.29 is 0 Å². The van der Waals surface area contributed by atoms with Crippen LogP contribution in [0.4, 0.5) is 0 Å². The fraction of sp³-hybridized carbons (Fsp3) is 0.818. The van der Waals surface area contributed by atoms with Crippen molar-refractivity contribution in [2.75, 3.05) is 0 Å². The van der Waals surface area contributed by atoms with Crippen LogP contribution >= 0.6 is 0 Å². The SMILES string of the molecule is CCC(C=CC(C)C)C(C)C. The summed E-state index contributed by atoms with van der Waals surface area (Å²) in [6.45, 7) is 11.3. The molecule has 0 aromatic rings. The predicted molar refractivity (Wildman–Crippen MR) is 52.6 cm³/mol. The van der Waals surface area contributed by atoms with E-state index in [0.717, 1.165) is 11.8 Å². The number of allylic oxidation sites excluding steroid dienone is 2. The fourth-order valence-electron chi connectivity index (χ4n) is 1.19. The Morgan fingerprint density at radius 1 is 1.00 bits per heavy atom. The Morgan fingerprint density at radius 2 is 1.55 bits per heavy atom. The maximum absolute atomic E-state index is 2.37. The molecule has 0 aliphatic heterocycles. The molecule has 0 nitrogen and oxygen atoms in total. The number of hydrogen-bond donors (Lipinski definition) is 0. The topological polar surface area (TPSA) is 0 Å². The van der Waals surface area contributed by atoms with E-state index < -0.39 is 0 Å². The van der Waals surface area contributed by atoms with Crippen molar-refractivity contribution in [2.45, 2.75) is 41.0 Å². The van der Waals surface area contributed by atoms with Gasteiger partial charge in [-0.25, -0.2) is 0 Å². The quantitative estimate of drug-likeness (QED) is 0.539. The Morgan fingerprint density at radius 3 is 1.82 bits per heavy atom. The summed E-state index contributed by atoms with van der Waals surface area (Å²) in [5.41, 5.74) is 0. The summed E-state index contributed by atoms with van der Waals surface area (Å²) in [4.78, 5) is 0. The Kier molecular flexibility index (Phi) is 5.27. The lowest BCUT2D eigenvalue weighted by Crippen LogP contribution is -2.03. The van der Waals surface area contributed by atoms with Gasteiger partial charge in [0.1, 0.15) is 0 Å². The minimum Gasteiger partial charge on any atom is -0.0857 e. The average Bonchev–Trinajstić information content (AvgIpc) is 1.87. The third-order valence-corrected chi connectivity index (χ3v) is 2.07. The first-order valence-corrected chi connectivity index (χ1v) is 4.76. The van der Waals surface area contributed by atoms with Crippen LogP contribution in [0.25, 0.3) is 0 Å². The lowest BCUT2D eigenvalue weighted by atomic mass is 9.92. The number of hydrogen-bond acceptors (Lipinski definition) is 0. The molecule has 0 N–H and O–H groups in total. The molecule has 0 aromatic heterocycles. The molecule has 0 amide bonds. The maximum atomic E-state index is 2.37. The van der Waals surface area contributed by atoms with Crippen molar-refractivity contribution in [3.63, 3.8) is 0 Å². The molecule has 1 unspecified atom stereocenters. The highest BCUT2D eigenvalue weighted by Crippen LogP contribution is 2.16. The molecule has 0 heterocycles. The van der Waals surface area contributed by atoms with Gasteiger partial charge in [-0.15, -0.1) is 0 Å². The molecule has 0 rings (SSSR count). The standard InChI is InChI=1S/C11H22/c1-6-11(10(4)5)8-7-9(2)3/h7-11H,6H2,1-5H3. The van der Waals surface area contributed by atoms with Gasteiger partial charge in [-0.05, 0) is 24.2 Å². The molecule has 0 aliphatic carbocycles. The van der Waals surface area contributed by atoms with Gasteiger partial charge >= 0.3 is 0 Å². The van der Waals surface area contributed by atoms with Crippen LogP contribution in [0.15, 0.2) is 12.2 Å². The second-order valence-corrected chi connectivity index (χ2v) is 3.95. The van der Waals surface area contributed by atoms with E-state index >= 15 is 0 Å². The third-order valence-electron chi connectivity index (χ3n) is 2.07. The molecule has 0 bridgehead atoms. The molecule has 0 radical (unpaired) electrons. The highest BCUT2D eigenvalue weighted by molar-refractivity contribution is 4.90. The lowest BCUT2D eigenvalue weighted by molar-refractivity contribution is 0.451. The molecular weight excluding hydrogens is 132 g/mol. The Hall–Kier alpha value is -0.260. The van der Waals surface area contributed by atoms with Gasteiger partial charge in [0.05, 0.1) is 0 Å². The van der Waals surface area contributed by atoms with Crippen molar-refractivity contribution in [3.8, 4) is 0 Å². The monoisotopic (exact) mass is 154 g/mol. The Labute approximate surface area is 71.7 Å². The molecule has 0 saturated carbocycles. The van der Waals surface area contributed by atoms with Crippen molar-refractivity contribution in [1.29, 1.82) is 0 Å². The zero-order valence-corrected chi connectivity index (χ0v) is 8.59. The first-order chi connectivity index (χ1) is 5.07. The number of rotatable bonds is 4. The van der Waals surface area contributed by atoms with E-state index in [1.807, 2.05) is 0 Å². The van der Waals surface area contributed by atoms with Gasteiger partial charge < -0.3 is 0 Å². The molecule has 0 heteroatoms. The van der Waals surface area contributed by atoms with Gasteiger partial charge in [0, 0.05) is 0 Å². The van der Waals surface area contributed by atoms with E-state index in [0.29, 0.717) is 5.92 Å². The molecule has 66 valence electrons. The van der Waals surface area contributed by atoms with E-state index in [2.05, 4.69) is 46.8 Å². The summed E-state index contributed by atoms with van der Waals surface area (Å²) in [5.74, 6) is 2.26. The molecule has 0 saturated heterocycles. The van der Waals surface area contributed by atoms with Crippen LogP contribution in [0, 0.1) is 17.8 Å². The van der Waals surface area contributed by atoms with Gasteiger partial charge in [0.25, 0.3) is 0 Å². The van der Waals surface area contributed by atoms with Crippen molar-refractivity contribution in [3.05, 3.63) is 12.2 Å². The Bertz CT molecular complexity index is 109. The first kappa shape index (κ1) is 10.7. The average molecular weight is 154 g/mol. The Balaban J connectivity index is 3.87. The summed E-state index contributed by atoms with van der Waals surface area (Å²) in [5, 5.41) is 0. The van der Waals surface area contributed by atoms with Gasteiger partial charge in [0.2, 0.25) is 0 Å². The van der Waals surface area contributed by atoms with Crippen molar-refractivity contribution >= 4 is 0 Å². The van der Waals surface area contributed by atoms with Gasteiger partial charge in [-0.2, -0.15) is 0 Å². The molecule has 0 fully saturated rings. The normalized spacial score (nSPS) is 15.2. The van der Waals surface area contributed by atoms with Crippen LogP contribution in [0.1, 0.15) is 41.0 Å². The van der Waals surface area contributed by atoms with Crippen LogP contribution < -0.4 is 0 Å². The minimum atomic E-state index is 0.697. The van der Waals surface area contributed by atoms with E-state index in [9.17, 15) is 0 Å². The lowest BCUT2D eigenvalue weighted by Gasteiger charge is -2.14. The second-order valence-electron chi connectivity index (χ2n) is 3.95. The van der Waals surface area contributed by atoms with Gasteiger partial charge in [-0.1, -0.05) is 46.8 Å². The van der Waals surface area contributed by atoms with Crippen LogP contribution in [0.2, 0.25) is 0 Å². The van der Waals surface area contributed by atoms with Crippen molar-refractivity contribution in [2.24, 2.45) is 17.8 Å². The smallest absolute Gasteiger partial charge is 0.0213 e. The summed E-state index contributed by atoms with van der Waals surface area (Å²) in [6, 6.07) is 0. The molecule has 0 spiro atoms. The van der Waals surface area contributed by atoms with Crippen molar-refractivity contribution in [1.82, 2.24) is 0 Å². The zero-order chi connectivity index (χ0) is 8.85. The predicted octanol–water partition coefficient (Wildman–Crippen LogP) is 3.88. The molecular formula is C11H22. The molecule has 11 heavy (non-hydrogen) atoms. The van der Waals surface area contributed by atoms with E-state index in [1.54, 1.807) is 0 Å². The van der Waals surface area contributed by atoms with Gasteiger partial charge in [-0.3, -0.25) is 0 Å². The van der Waals surface area contributed by atoms with E-state index in [-0.39, 0.29) is 0 Å². The summed E-state index contributed by atoms with van der Waals surface area (Å²) >= 11 is 0. The first-order valence-electron chi connectivity index (χ1n) is 4.76.